The van der Waals surface area contributed by atoms with Gasteiger partial charge in [-0.2, -0.15) is 0 Å². The van der Waals surface area contributed by atoms with E-state index in [1.807, 2.05) is 0 Å². The smallest absolute Gasteiger partial charge is 0.257 e. The van der Waals surface area contributed by atoms with Crippen LogP contribution in [0.15, 0.2) is 36.7 Å². The first-order valence-electron chi connectivity index (χ1n) is 8.01. The molecule has 1 heterocycles. The van der Waals surface area contributed by atoms with E-state index in [-0.39, 0.29) is 22.7 Å². The Morgan fingerprint density at radius 3 is 2.40 bits per heavy atom. The second kappa shape index (κ2) is 8.86. The molecule has 0 spiro atoms. The Hall–Kier alpha value is -2.83. The molecule has 132 valence electrons. The molecule has 0 aliphatic carbocycles. The van der Waals surface area contributed by atoms with Crippen molar-refractivity contribution in [2.75, 3.05) is 11.9 Å². The van der Waals surface area contributed by atoms with Crippen molar-refractivity contribution in [3.05, 3.63) is 59.4 Å². The minimum atomic E-state index is -1.06. The predicted molar refractivity (Wildman–Crippen MR) is 90.4 cm³/mol. The minimum Gasteiger partial charge on any atom is -0.352 e. The van der Waals surface area contributed by atoms with E-state index >= 15 is 0 Å². The van der Waals surface area contributed by atoms with Crippen LogP contribution < -0.4 is 10.6 Å². The van der Waals surface area contributed by atoms with Gasteiger partial charge in [-0.15, -0.1) is 0 Å². The molecule has 0 aliphatic heterocycles. The van der Waals surface area contributed by atoms with Crippen molar-refractivity contribution in [2.24, 2.45) is 0 Å². The Morgan fingerprint density at radius 2 is 1.72 bits per heavy atom. The van der Waals surface area contributed by atoms with Crippen molar-refractivity contribution in [3.8, 4) is 0 Å². The summed E-state index contributed by atoms with van der Waals surface area (Å²) >= 11 is 0. The maximum atomic E-state index is 13.2. The van der Waals surface area contributed by atoms with Crippen LogP contribution in [-0.4, -0.2) is 23.3 Å². The van der Waals surface area contributed by atoms with Crippen LogP contribution in [0.1, 0.15) is 46.9 Å². The summed E-state index contributed by atoms with van der Waals surface area (Å²) in [5.74, 6) is -2.94. The summed E-state index contributed by atoms with van der Waals surface area (Å²) in [6, 6.07) is 4.44. The Morgan fingerprint density at radius 1 is 1.00 bits per heavy atom. The first-order chi connectivity index (χ1) is 12.0. The number of carbonyl (C=O) groups is 2. The van der Waals surface area contributed by atoms with E-state index in [0.717, 1.165) is 31.4 Å². The Labute approximate surface area is 144 Å². The Kier molecular flexibility index (Phi) is 6.56. The summed E-state index contributed by atoms with van der Waals surface area (Å²) in [6.07, 6.45) is 5.62. The molecular formula is C18H19F2N3O2. The van der Waals surface area contributed by atoms with Crippen LogP contribution in [-0.2, 0) is 0 Å². The highest BCUT2D eigenvalue weighted by Gasteiger charge is 2.12. The molecular weight excluding hydrogens is 328 g/mol. The number of benzene rings is 1. The number of anilines is 1. The van der Waals surface area contributed by atoms with Crippen LogP contribution in [0.2, 0.25) is 0 Å². The molecule has 2 amide bonds. The lowest BCUT2D eigenvalue weighted by Crippen LogP contribution is -2.25. The molecule has 2 aromatic rings. The van der Waals surface area contributed by atoms with Gasteiger partial charge in [-0.25, -0.2) is 8.78 Å². The molecule has 1 aromatic heterocycles. The lowest BCUT2D eigenvalue weighted by molar-refractivity contribution is 0.0952. The zero-order chi connectivity index (χ0) is 18.2. The summed E-state index contributed by atoms with van der Waals surface area (Å²) < 4.78 is 26.1. The highest BCUT2D eigenvalue weighted by Crippen LogP contribution is 2.14. The van der Waals surface area contributed by atoms with E-state index in [0.29, 0.717) is 6.54 Å². The number of rotatable bonds is 7. The fraction of sp³-hybridized carbons (Fsp3) is 0.278. The first-order valence-corrected chi connectivity index (χ1v) is 8.01. The monoisotopic (exact) mass is 347 g/mol. The molecule has 0 saturated heterocycles. The lowest BCUT2D eigenvalue weighted by Gasteiger charge is -2.08. The number of hydrogen-bond acceptors (Lipinski definition) is 3. The average Bonchev–Trinajstić information content (AvgIpc) is 2.62. The van der Waals surface area contributed by atoms with Gasteiger partial charge in [0.2, 0.25) is 0 Å². The molecule has 0 fully saturated rings. The van der Waals surface area contributed by atoms with Crippen molar-refractivity contribution >= 4 is 17.5 Å². The number of hydrogen-bond donors (Lipinski definition) is 2. The van der Waals surface area contributed by atoms with Gasteiger partial charge in [-0.1, -0.05) is 19.8 Å². The van der Waals surface area contributed by atoms with Crippen LogP contribution in [0.5, 0.6) is 0 Å². The molecule has 0 unspecified atom stereocenters. The fourth-order valence-corrected chi connectivity index (χ4v) is 2.14. The third-order valence-electron chi connectivity index (χ3n) is 3.51. The molecule has 2 N–H and O–H groups in total. The van der Waals surface area contributed by atoms with Gasteiger partial charge < -0.3 is 10.6 Å². The molecule has 0 radical (unpaired) electrons. The van der Waals surface area contributed by atoms with Gasteiger partial charge in [0.1, 0.15) is 0 Å². The van der Waals surface area contributed by atoms with Crippen LogP contribution >= 0.6 is 0 Å². The molecule has 0 aliphatic rings. The zero-order valence-electron chi connectivity index (χ0n) is 13.8. The Bertz CT molecular complexity index is 766. The number of amides is 2. The molecule has 0 saturated carbocycles. The molecule has 5 nitrogen and oxygen atoms in total. The van der Waals surface area contributed by atoms with Crippen molar-refractivity contribution in [1.82, 2.24) is 10.3 Å². The van der Waals surface area contributed by atoms with E-state index in [1.54, 1.807) is 0 Å². The first kappa shape index (κ1) is 18.5. The maximum absolute atomic E-state index is 13.2. The van der Waals surface area contributed by atoms with Gasteiger partial charge in [-0.05, 0) is 24.6 Å². The maximum Gasteiger partial charge on any atom is 0.257 e. The number of nitrogens with one attached hydrogen (secondary N) is 2. The SMILES string of the molecule is CCCCCNC(=O)c1cncc(C(=O)Nc2ccc(F)c(F)c2)c1. The van der Waals surface area contributed by atoms with Crippen LogP contribution in [0, 0.1) is 11.6 Å². The lowest BCUT2D eigenvalue weighted by atomic mass is 10.1. The zero-order valence-corrected chi connectivity index (χ0v) is 13.8. The molecule has 0 bridgehead atoms. The number of aromatic nitrogens is 1. The second-order valence-electron chi connectivity index (χ2n) is 5.51. The predicted octanol–water partition coefficient (Wildman–Crippen LogP) is 3.53. The highest BCUT2D eigenvalue weighted by atomic mass is 19.2. The summed E-state index contributed by atoms with van der Waals surface area (Å²) in [7, 11) is 0. The fourth-order valence-electron chi connectivity index (χ4n) is 2.14. The summed E-state index contributed by atoms with van der Waals surface area (Å²) in [5.41, 5.74) is 0.513. The average molecular weight is 347 g/mol. The largest absolute Gasteiger partial charge is 0.352 e. The van der Waals surface area contributed by atoms with E-state index in [4.69, 9.17) is 0 Å². The number of nitrogens with zero attached hydrogens (tertiary/aromatic N) is 1. The van der Waals surface area contributed by atoms with Crippen molar-refractivity contribution < 1.29 is 18.4 Å². The third-order valence-corrected chi connectivity index (χ3v) is 3.51. The normalized spacial score (nSPS) is 10.4. The van der Waals surface area contributed by atoms with Crippen molar-refractivity contribution in [3.63, 3.8) is 0 Å². The van der Waals surface area contributed by atoms with E-state index in [2.05, 4.69) is 22.5 Å². The number of halogens is 2. The topological polar surface area (TPSA) is 71.1 Å². The standard InChI is InChI=1S/C18H19F2N3O2/c1-2-3-4-7-22-17(24)12-8-13(11-21-10-12)18(25)23-14-5-6-15(19)16(20)9-14/h5-6,8-11H,2-4,7H2,1H3,(H,22,24)(H,23,25). The number of unbranched alkanes of at least 4 members (excludes halogenated alkanes) is 2. The van der Waals surface area contributed by atoms with Gasteiger partial charge in [0.15, 0.2) is 11.6 Å². The van der Waals surface area contributed by atoms with Gasteiger partial charge in [0, 0.05) is 30.7 Å². The van der Waals surface area contributed by atoms with Gasteiger partial charge >= 0.3 is 0 Å². The molecule has 2 rings (SSSR count). The molecule has 0 atom stereocenters. The van der Waals surface area contributed by atoms with Crippen LogP contribution in [0.25, 0.3) is 0 Å². The minimum absolute atomic E-state index is 0.110. The summed E-state index contributed by atoms with van der Waals surface area (Å²) in [6.45, 7) is 2.62. The van der Waals surface area contributed by atoms with Gasteiger partial charge in [0.25, 0.3) is 11.8 Å². The molecule has 1 aromatic carbocycles. The van der Waals surface area contributed by atoms with E-state index in [9.17, 15) is 18.4 Å². The third kappa shape index (κ3) is 5.34. The molecule has 25 heavy (non-hydrogen) atoms. The second-order valence-corrected chi connectivity index (χ2v) is 5.51. The van der Waals surface area contributed by atoms with E-state index in [1.165, 1.54) is 24.5 Å². The summed E-state index contributed by atoms with van der Waals surface area (Å²) in [4.78, 5) is 28.1. The van der Waals surface area contributed by atoms with Crippen molar-refractivity contribution in [2.45, 2.75) is 26.2 Å². The number of pyridine rings is 1. The quantitative estimate of drug-likeness (QED) is 0.753. The van der Waals surface area contributed by atoms with Crippen molar-refractivity contribution in [1.29, 1.82) is 0 Å². The van der Waals surface area contributed by atoms with Gasteiger partial charge in [-0.3, -0.25) is 14.6 Å². The van der Waals surface area contributed by atoms with Crippen LogP contribution in [0.4, 0.5) is 14.5 Å². The number of carbonyl (C=O) groups excluding carboxylic acids is 2. The molecule has 7 heteroatoms. The van der Waals surface area contributed by atoms with E-state index < -0.39 is 17.5 Å². The van der Waals surface area contributed by atoms with Gasteiger partial charge in [0.05, 0.1) is 11.1 Å². The Balaban J connectivity index is 2.03. The van der Waals surface area contributed by atoms with Crippen LogP contribution in [0.3, 0.4) is 0 Å². The summed E-state index contributed by atoms with van der Waals surface area (Å²) in [5, 5.41) is 5.20. The highest BCUT2D eigenvalue weighted by molar-refractivity contribution is 6.05.